The average molecular weight is 1120 g/mol. The summed E-state index contributed by atoms with van der Waals surface area (Å²) >= 11 is 0. The van der Waals surface area contributed by atoms with Crippen LogP contribution in [0.2, 0.25) is 0 Å². The summed E-state index contributed by atoms with van der Waals surface area (Å²) in [6.07, 6.45) is 95.2. The standard InChI is InChI=1S/C75H126O6/c1-4-7-10-13-16-19-22-25-27-28-29-30-31-32-33-34-35-36-37-38-39-40-41-42-43-44-45-46-48-50-53-56-59-62-65-68-74(77)80-71-72(70-79-73(76)67-64-61-58-55-52-49-24-21-18-15-12-9-6-3)81-75(78)69-66-63-60-57-54-51-47-26-23-20-17-14-11-8-5-2/h7-8,10-11,16-17,19-20,25-27,29-30,32-33,35-36,47,54,57,72H,4-6,9,12-15,18,21-24,28,31,34,37-46,48-53,55-56,58-71H2,1-3H3/b10-7-,11-8-,19-16-,20-17-,27-25-,30-29-,33-32-,36-35-,47-26-,57-54-. The third-order valence-electron chi connectivity index (χ3n) is 14.5. The quantitative estimate of drug-likeness (QED) is 0.0261. The van der Waals surface area contributed by atoms with Crippen LogP contribution in [0.5, 0.6) is 0 Å². The molecular weight excluding hydrogens is 997 g/mol. The Kier molecular flexibility index (Phi) is 64.8. The Labute approximate surface area is 501 Å². The molecule has 0 saturated heterocycles. The normalized spacial score (nSPS) is 12.9. The highest BCUT2D eigenvalue weighted by atomic mass is 16.6. The van der Waals surface area contributed by atoms with Crippen molar-refractivity contribution >= 4 is 17.9 Å². The van der Waals surface area contributed by atoms with Gasteiger partial charge in [0.25, 0.3) is 0 Å². The van der Waals surface area contributed by atoms with Crippen molar-refractivity contribution < 1.29 is 28.6 Å². The van der Waals surface area contributed by atoms with Crippen LogP contribution in [-0.2, 0) is 28.6 Å². The van der Waals surface area contributed by atoms with E-state index in [0.29, 0.717) is 19.3 Å². The first-order valence-electron chi connectivity index (χ1n) is 34.0. The summed E-state index contributed by atoms with van der Waals surface area (Å²) in [4.78, 5) is 38.3. The summed E-state index contributed by atoms with van der Waals surface area (Å²) in [6.45, 7) is 6.40. The fourth-order valence-corrected chi connectivity index (χ4v) is 9.44. The highest BCUT2D eigenvalue weighted by Gasteiger charge is 2.19. The van der Waals surface area contributed by atoms with E-state index >= 15 is 0 Å². The Bertz CT molecular complexity index is 1670. The lowest BCUT2D eigenvalue weighted by atomic mass is 10.0. The lowest BCUT2D eigenvalue weighted by Crippen LogP contribution is -2.30. The Morgan fingerprint density at radius 3 is 0.778 bits per heavy atom. The SMILES string of the molecule is CC/C=C\C/C=C\C/C=C\C/C=C\C/C=C\C/C=C\CCCCCCCCCCCCCCCCCCC(=O)OCC(COC(=O)CCCCCCCCCCCCCCC)OC(=O)CCCC/C=C\C/C=C\C/C=C\C/C=C\CC. The molecule has 6 heteroatoms. The first kappa shape index (κ1) is 76.8. The molecule has 0 N–H and O–H groups in total. The molecule has 0 spiro atoms. The van der Waals surface area contributed by atoms with Crippen LogP contribution in [0.4, 0.5) is 0 Å². The van der Waals surface area contributed by atoms with Crippen LogP contribution >= 0.6 is 0 Å². The van der Waals surface area contributed by atoms with E-state index in [-0.39, 0.29) is 37.5 Å². The Hall–Kier alpha value is -4.19. The van der Waals surface area contributed by atoms with Gasteiger partial charge in [-0.2, -0.15) is 0 Å². The van der Waals surface area contributed by atoms with Crippen LogP contribution in [0, 0.1) is 0 Å². The van der Waals surface area contributed by atoms with Crippen LogP contribution < -0.4 is 0 Å². The minimum absolute atomic E-state index is 0.0917. The molecular formula is C75H126O6. The van der Waals surface area contributed by atoms with Crippen molar-refractivity contribution in [1.82, 2.24) is 0 Å². The Morgan fingerprint density at radius 2 is 0.481 bits per heavy atom. The van der Waals surface area contributed by atoms with E-state index in [9.17, 15) is 14.4 Å². The second kappa shape index (κ2) is 68.3. The van der Waals surface area contributed by atoms with E-state index in [1.807, 2.05) is 0 Å². The van der Waals surface area contributed by atoms with Crippen molar-refractivity contribution in [3.8, 4) is 0 Å². The molecule has 0 rings (SSSR count). The van der Waals surface area contributed by atoms with Crippen LogP contribution in [0.3, 0.4) is 0 Å². The van der Waals surface area contributed by atoms with E-state index < -0.39 is 6.10 Å². The van der Waals surface area contributed by atoms with Crippen molar-refractivity contribution in [3.05, 3.63) is 122 Å². The second-order valence-electron chi connectivity index (χ2n) is 22.3. The third-order valence-corrected chi connectivity index (χ3v) is 14.5. The summed E-state index contributed by atoms with van der Waals surface area (Å²) < 4.78 is 16.9. The molecule has 0 aliphatic carbocycles. The third kappa shape index (κ3) is 66.5. The van der Waals surface area contributed by atoms with E-state index in [1.54, 1.807) is 0 Å². The highest BCUT2D eigenvalue weighted by molar-refractivity contribution is 5.71. The van der Waals surface area contributed by atoms with Crippen LogP contribution in [0.25, 0.3) is 0 Å². The number of allylic oxidation sites excluding steroid dienone is 20. The van der Waals surface area contributed by atoms with E-state index in [2.05, 4.69) is 142 Å². The number of ether oxygens (including phenoxy) is 3. The highest BCUT2D eigenvalue weighted by Crippen LogP contribution is 2.17. The molecule has 0 aliphatic rings. The Morgan fingerprint density at radius 1 is 0.259 bits per heavy atom. The van der Waals surface area contributed by atoms with Gasteiger partial charge in [0.05, 0.1) is 0 Å². The number of hydrogen-bond donors (Lipinski definition) is 0. The molecule has 462 valence electrons. The lowest BCUT2D eigenvalue weighted by Gasteiger charge is -2.18. The largest absolute Gasteiger partial charge is 0.462 e. The molecule has 0 saturated carbocycles. The van der Waals surface area contributed by atoms with Gasteiger partial charge in [0.15, 0.2) is 6.10 Å². The summed E-state index contributed by atoms with van der Waals surface area (Å²) in [5, 5.41) is 0. The predicted molar refractivity (Wildman–Crippen MR) is 353 cm³/mol. The molecule has 0 aromatic heterocycles. The molecule has 0 amide bonds. The molecule has 1 atom stereocenters. The number of esters is 3. The predicted octanol–water partition coefficient (Wildman–Crippen LogP) is 23.6. The maximum atomic E-state index is 12.9. The zero-order valence-electron chi connectivity index (χ0n) is 53.0. The van der Waals surface area contributed by atoms with Gasteiger partial charge in [0.2, 0.25) is 0 Å². The molecule has 0 bridgehead atoms. The fourth-order valence-electron chi connectivity index (χ4n) is 9.44. The molecule has 0 aromatic carbocycles. The van der Waals surface area contributed by atoms with Gasteiger partial charge in [0, 0.05) is 19.3 Å². The number of unbranched alkanes of at least 4 members (excludes halogenated alkanes) is 30. The summed E-state index contributed by atoms with van der Waals surface area (Å²) in [6, 6.07) is 0. The summed E-state index contributed by atoms with van der Waals surface area (Å²) in [5.41, 5.74) is 0. The smallest absolute Gasteiger partial charge is 0.306 e. The van der Waals surface area contributed by atoms with Crippen molar-refractivity contribution in [1.29, 1.82) is 0 Å². The summed E-state index contributed by atoms with van der Waals surface area (Å²) in [5.74, 6) is -0.924. The van der Waals surface area contributed by atoms with Crippen LogP contribution in [0.15, 0.2) is 122 Å². The molecule has 0 fully saturated rings. The van der Waals surface area contributed by atoms with E-state index in [1.165, 1.54) is 154 Å². The maximum absolute atomic E-state index is 12.9. The molecule has 0 aliphatic heterocycles. The molecule has 6 nitrogen and oxygen atoms in total. The number of rotatable bonds is 61. The minimum atomic E-state index is -0.799. The van der Waals surface area contributed by atoms with Crippen molar-refractivity contribution in [2.75, 3.05) is 13.2 Å². The van der Waals surface area contributed by atoms with Gasteiger partial charge in [-0.15, -0.1) is 0 Å². The molecule has 0 radical (unpaired) electrons. The average Bonchev–Trinajstić information content (AvgIpc) is 3.46. The van der Waals surface area contributed by atoms with E-state index in [4.69, 9.17) is 14.2 Å². The lowest BCUT2D eigenvalue weighted by molar-refractivity contribution is -0.167. The Balaban J connectivity index is 4.17. The second-order valence-corrected chi connectivity index (χ2v) is 22.3. The monoisotopic (exact) mass is 1120 g/mol. The van der Waals surface area contributed by atoms with Crippen molar-refractivity contribution in [2.24, 2.45) is 0 Å². The van der Waals surface area contributed by atoms with Gasteiger partial charge in [0.1, 0.15) is 13.2 Å². The van der Waals surface area contributed by atoms with E-state index in [0.717, 1.165) is 116 Å². The fraction of sp³-hybridized carbons (Fsp3) is 0.693. The topological polar surface area (TPSA) is 78.9 Å². The zero-order chi connectivity index (χ0) is 58.5. The van der Waals surface area contributed by atoms with Gasteiger partial charge in [-0.3, -0.25) is 14.4 Å². The van der Waals surface area contributed by atoms with Gasteiger partial charge >= 0.3 is 17.9 Å². The summed E-state index contributed by atoms with van der Waals surface area (Å²) in [7, 11) is 0. The molecule has 1 unspecified atom stereocenters. The van der Waals surface area contributed by atoms with Crippen LogP contribution in [-0.4, -0.2) is 37.2 Å². The molecule has 0 heterocycles. The van der Waals surface area contributed by atoms with Gasteiger partial charge in [-0.05, 0) is 109 Å². The molecule has 81 heavy (non-hydrogen) atoms. The first-order valence-corrected chi connectivity index (χ1v) is 34.0. The van der Waals surface area contributed by atoms with Gasteiger partial charge in [-0.1, -0.05) is 309 Å². The number of hydrogen-bond acceptors (Lipinski definition) is 6. The number of carbonyl (C=O) groups is 3. The number of carbonyl (C=O) groups excluding carboxylic acids is 3. The zero-order valence-corrected chi connectivity index (χ0v) is 53.0. The van der Waals surface area contributed by atoms with Crippen molar-refractivity contribution in [3.63, 3.8) is 0 Å². The minimum Gasteiger partial charge on any atom is -0.462 e. The van der Waals surface area contributed by atoms with Crippen LogP contribution in [0.1, 0.15) is 316 Å². The first-order chi connectivity index (χ1) is 40.0. The van der Waals surface area contributed by atoms with Gasteiger partial charge < -0.3 is 14.2 Å². The van der Waals surface area contributed by atoms with Gasteiger partial charge in [-0.25, -0.2) is 0 Å². The molecule has 0 aromatic rings. The maximum Gasteiger partial charge on any atom is 0.306 e. The van der Waals surface area contributed by atoms with Crippen molar-refractivity contribution in [2.45, 2.75) is 322 Å².